The van der Waals surface area contributed by atoms with Gasteiger partial charge in [0.1, 0.15) is 0 Å². The molecule has 1 saturated carbocycles. The van der Waals surface area contributed by atoms with Crippen LogP contribution in [0.4, 0.5) is 0 Å². The van der Waals surface area contributed by atoms with Gasteiger partial charge in [-0.2, -0.15) is 0 Å². The van der Waals surface area contributed by atoms with Crippen LogP contribution in [0.2, 0.25) is 0 Å². The van der Waals surface area contributed by atoms with Crippen LogP contribution in [-0.2, 0) is 0 Å². The molecule has 0 radical (unpaired) electrons. The Balaban J connectivity index is 2.18. The van der Waals surface area contributed by atoms with Crippen molar-refractivity contribution in [1.29, 1.82) is 0 Å². The molecule has 0 aliphatic heterocycles. The lowest BCUT2D eigenvalue weighted by Gasteiger charge is -2.26. The normalized spacial score (nSPS) is 18.0. The zero-order valence-corrected chi connectivity index (χ0v) is 12.7. The van der Waals surface area contributed by atoms with E-state index in [1.807, 2.05) is 0 Å². The second-order valence-electron chi connectivity index (χ2n) is 6.61. The zero-order chi connectivity index (χ0) is 13.5. The highest BCUT2D eigenvalue weighted by Gasteiger charge is 2.29. The van der Waals surface area contributed by atoms with Crippen LogP contribution < -0.4 is 5.32 Å². The predicted molar refractivity (Wildman–Crippen MR) is 77.8 cm³/mol. The number of hydrogen-bond donors (Lipinski definition) is 2. The first kappa shape index (κ1) is 15.9. The number of aliphatic hydroxyl groups excluding tert-OH is 1. The molecule has 1 aliphatic carbocycles. The van der Waals surface area contributed by atoms with E-state index in [-0.39, 0.29) is 6.10 Å². The summed E-state index contributed by atoms with van der Waals surface area (Å²) in [7, 11) is 0. The van der Waals surface area contributed by atoms with E-state index < -0.39 is 0 Å². The Morgan fingerprint density at radius 3 is 2.28 bits per heavy atom. The molecule has 1 unspecified atom stereocenters. The van der Waals surface area contributed by atoms with Crippen LogP contribution in [0.5, 0.6) is 0 Å². The lowest BCUT2D eigenvalue weighted by molar-refractivity contribution is 0.103. The van der Waals surface area contributed by atoms with Crippen LogP contribution in [0, 0.1) is 11.8 Å². The van der Waals surface area contributed by atoms with Crippen molar-refractivity contribution in [2.45, 2.75) is 59.1 Å². The van der Waals surface area contributed by atoms with Crippen molar-refractivity contribution in [2.24, 2.45) is 11.8 Å². The summed E-state index contributed by atoms with van der Waals surface area (Å²) in [4.78, 5) is 2.49. The second-order valence-corrected chi connectivity index (χ2v) is 6.61. The van der Waals surface area contributed by atoms with Crippen LogP contribution >= 0.6 is 0 Å². The van der Waals surface area contributed by atoms with Crippen LogP contribution in [0.15, 0.2) is 0 Å². The smallest absolute Gasteiger partial charge is 0.0791 e. The fourth-order valence-corrected chi connectivity index (χ4v) is 2.16. The molecule has 0 aromatic carbocycles. The summed E-state index contributed by atoms with van der Waals surface area (Å²) >= 11 is 0. The molecule has 1 aliphatic rings. The van der Waals surface area contributed by atoms with Gasteiger partial charge in [0, 0.05) is 19.1 Å². The number of hydrogen-bond acceptors (Lipinski definition) is 3. The van der Waals surface area contributed by atoms with Crippen molar-refractivity contribution >= 4 is 0 Å². The largest absolute Gasteiger partial charge is 0.390 e. The third-order valence-corrected chi connectivity index (χ3v) is 3.43. The monoisotopic (exact) mass is 256 g/mol. The second kappa shape index (κ2) is 8.13. The van der Waals surface area contributed by atoms with E-state index in [4.69, 9.17) is 0 Å². The highest BCUT2D eigenvalue weighted by Crippen LogP contribution is 2.27. The Morgan fingerprint density at radius 2 is 1.78 bits per heavy atom. The van der Waals surface area contributed by atoms with Gasteiger partial charge in [-0.05, 0) is 44.2 Å². The molecule has 1 fully saturated rings. The maximum atomic E-state index is 10.1. The molecule has 1 atom stereocenters. The van der Waals surface area contributed by atoms with Gasteiger partial charge in [0.05, 0.1) is 6.10 Å². The molecule has 0 spiro atoms. The standard InChI is InChI=1S/C15H32N2O/c1-12(2)7-8-17(14-5-6-14)11-15(18)10-16-9-13(3)4/h12-16,18H,5-11H2,1-4H3. The molecule has 1 rings (SSSR count). The molecule has 0 saturated heterocycles. The average Bonchev–Trinajstić information content (AvgIpc) is 3.07. The summed E-state index contributed by atoms with van der Waals surface area (Å²) < 4.78 is 0. The molecular formula is C15H32N2O. The van der Waals surface area contributed by atoms with E-state index in [0.717, 1.165) is 38.1 Å². The van der Waals surface area contributed by atoms with Crippen molar-refractivity contribution in [3.8, 4) is 0 Å². The van der Waals surface area contributed by atoms with Crippen molar-refractivity contribution < 1.29 is 5.11 Å². The number of nitrogens with zero attached hydrogens (tertiary/aromatic N) is 1. The lowest BCUT2D eigenvalue weighted by atomic mass is 10.1. The van der Waals surface area contributed by atoms with E-state index in [0.29, 0.717) is 5.92 Å². The SMILES string of the molecule is CC(C)CCN(CC(O)CNCC(C)C)C1CC1. The van der Waals surface area contributed by atoms with Crippen molar-refractivity contribution in [3.63, 3.8) is 0 Å². The molecule has 3 nitrogen and oxygen atoms in total. The number of nitrogens with one attached hydrogen (secondary N) is 1. The van der Waals surface area contributed by atoms with E-state index in [1.165, 1.54) is 19.3 Å². The minimum atomic E-state index is -0.225. The van der Waals surface area contributed by atoms with E-state index in [9.17, 15) is 5.11 Å². The highest BCUT2D eigenvalue weighted by molar-refractivity contribution is 4.86. The third-order valence-electron chi connectivity index (χ3n) is 3.43. The Labute approximate surface area is 113 Å². The Kier molecular flexibility index (Phi) is 7.20. The summed E-state index contributed by atoms with van der Waals surface area (Å²) in [5.74, 6) is 1.40. The first-order valence-corrected chi connectivity index (χ1v) is 7.61. The quantitative estimate of drug-likeness (QED) is 0.628. The van der Waals surface area contributed by atoms with Crippen LogP contribution in [0.3, 0.4) is 0 Å². The number of aliphatic hydroxyl groups is 1. The minimum Gasteiger partial charge on any atom is -0.390 e. The fourth-order valence-electron chi connectivity index (χ4n) is 2.16. The van der Waals surface area contributed by atoms with Gasteiger partial charge in [-0.15, -0.1) is 0 Å². The summed E-state index contributed by atoms with van der Waals surface area (Å²) in [6.07, 6.45) is 3.66. The average molecular weight is 256 g/mol. The maximum Gasteiger partial charge on any atom is 0.0791 e. The van der Waals surface area contributed by atoms with Gasteiger partial charge in [-0.25, -0.2) is 0 Å². The van der Waals surface area contributed by atoms with E-state index in [2.05, 4.69) is 37.9 Å². The molecule has 0 heterocycles. The van der Waals surface area contributed by atoms with Gasteiger partial charge in [-0.1, -0.05) is 27.7 Å². The molecular weight excluding hydrogens is 224 g/mol. The Morgan fingerprint density at radius 1 is 1.11 bits per heavy atom. The summed E-state index contributed by atoms with van der Waals surface area (Å²) in [6.45, 7) is 12.6. The highest BCUT2D eigenvalue weighted by atomic mass is 16.3. The Hall–Kier alpha value is -0.120. The minimum absolute atomic E-state index is 0.225. The molecule has 108 valence electrons. The van der Waals surface area contributed by atoms with Gasteiger partial charge in [0.25, 0.3) is 0 Å². The summed E-state index contributed by atoms with van der Waals surface area (Å²) in [5, 5.41) is 13.4. The first-order chi connectivity index (χ1) is 8.49. The van der Waals surface area contributed by atoms with Crippen LogP contribution in [0.25, 0.3) is 0 Å². The molecule has 0 amide bonds. The third kappa shape index (κ3) is 7.34. The van der Waals surface area contributed by atoms with Crippen LogP contribution in [0.1, 0.15) is 47.0 Å². The van der Waals surface area contributed by atoms with Crippen LogP contribution in [-0.4, -0.2) is 48.3 Å². The summed E-state index contributed by atoms with van der Waals surface area (Å²) in [6, 6.07) is 0.753. The van der Waals surface area contributed by atoms with E-state index in [1.54, 1.807) is 0 Å². The maximum absolute atomic E-state index is 10.1. The zero-order valence-electron chi connectivity index (χ0n) is 12.7. The predicted octanol–water partition coefficient (Wildman–Crippen LogP) is 2.10. The molecule has 18 heavy (non-hydrogen) atoms. The topological polar surface area (TPSA) is 35.5 Å². The first-order valence-electron chi connectivity index (χ1n) is 7.61. The summed E-state index contributed by atoms with van der Waals surface area (Å²) in [5.41, 5.74) is 0. The van der Waals surface area contributed by atoms with Crippen molar-refractivity contribution in [1.82, 2.24) is 10.2 Å². The van der Waals surface area contributed by atoms with Gasteiger partial charge in [0.2, 0.25) is 0 Å². The van der Waals surface area contributed by atoms with Crippen molar-refractivity contribution in [2.75, 3.05) is 26.2 Å². The van der Waals surface area contributed by atoms with Gasteiger partial charge in [-0.3, -0.25) is 4.90 Å². The lowest BCUT2D eigenvalue weighted by Crippen LogP contribution is -2.40. The van der Waals surface area contributed by atoms with Crippen molar-refractivity contribution in [3.05, 3.63) is 0 Å². The fraction of sp³-hybridized carbons (Fsp3) is 1.00. The van der Waals surface area contributed by atoms with Gasteiger partial charge in [0.15, 0.2) is 0 Å². The van der Waals surface area contributed by atoms with Gasteiger partial charge >= 0.3 is 0 Å². The van der Waals surface area contributed by atoms with Gasteiger partial charge < -0.3 is 10.4 Å². The molecule has 3 heteroatoms. The molecule has 0 aromatic rings. The molecule has 2 N–H and O–H groups in total. The van der Waals surface area contributed by atoms with E-state index >= 15 is 0 Å². The molecule has 0 aromatic heterocycles. The molecule has 0 bridgehead atoms. The number of rotatable bonds is 10. The Bertz CT molecular complexity index is 215.